The summed E-state index contributed by atoms with van der Waals surface area (Å²) in [5.74, 6) is 0. The lowest BCUT2D eigenvalue weighted by Crippen LogP contribution is -2.25. The van der Waals surface area contributed by atoms with E-state index in [9.17, 15) is 0 Å². The largest absolute Gasteiger partial charge is 0.317 e. The molecule has 0 saturated carbocycles. The molecule has 1 unspecified atom stereocenters. The van der Waals surface area contributed by atoms with Gasteiger partial charge >= 0.3 is 0 Å². The molecule has 0 heterocycles. The van der Waals surface area contributed by atoms with Crippen molar-refractivity contribution in [3.05, 3.63) is 12.2 Å². The summed E-state index contributed by atoms with van der Waals surface area (Å²) < 4.78 is 0. The fourth-order valence-corrected chi connectivity index (χ4v) is 1.94. The second kappa shape index (κ2) is 10.2. The predicted octanol–water partition coefficient (Wildman–Crippen LogP) is 4.29. The van der Waals surface area contributed by atoms with Crippen molar-refractivity contribution in [2.75, 3.05) is 7.05 Å². The zero-order chi connectivity index (χ0) is 11.5. The Hall–Kier alpha value is -0.300. The molecule has 0 amide bonds. The Labute approximate surface area is 96.3 Å². The summed E-state index contributed by atoms with van der Waals surface area (Å²) in [6.45, 7) is 8.36. The summed E-state index contributed by atoms with van der Waals surface area (Å²) in [7, 11) is 2.06. The summed E-state index contributed by atoms with van der Waals surface area (Å²) in [6.07, 6.45) is 10.8. The third-order valence-electron chi connectivity index (χ3n) is 2.91. The van der Waals surface area contributed by atoms with Crippen LogP contribution in [-0.4, -0.2) is 13.1 Å². The van der Waals surface area contributed by atoms with Gasteiger partial charge in [-0.1, -0.05) is 51.0 Å². The first-order valence-corrected chi connectivity index (χ1v) is 6.52. The van der Waals surface area contributed by atoms with Gasteiger partial charge in [-0.05, 0) is 26.8 Å². The molecule has 0 fully saturated rings. The van der Waals surface area contributed by atoms with Gasteiger partial charge in [0, 0.05) is 6.04 Å². The number of hydrogen-bond acceptors (Lipinski definition) is 1. The van der Waals surface area contributed by atoms with Crippen molar-refractivity contribution in [2.24, 2.45) is 0 Å². The van der Waals surface area contributed by atoms with Gasteiger partial charge in [-0.3, -0.25) is 0 Å². The Balaban J connectivity index is 3.34. The second-order valence-corrected chi connectivity index (χ2v) is 4.70. The molecule has 1 heteroatoms. The first kappa shape index (κ1) is 14.7. The molecule has 0 spiro atoms. The highest BCUT2D eigenvalue weighted by atomic mass is 14.9. The van der Waals surface area contributed by atoms with Gasteiger partial charge in [-0.25, -0.2) is 0 Å². The first-order chi connectivity index (χ1) is 7.20. The molecule has 0 rings (SSSR count). The van der Waals surface area contributed by atoms with E-state index in [-0.39, 0.29) is 0 Å². The van der Waals surface area contributed by atoms with Crippen LogP contribution in [0.2, 0.25) is 0 Å². The molecule has 1 atom stereocenters. The van der Waals surface area contributed by atoms with Crippen LogP contribution >= 0.6 is 0 Å². The standard InChI is InChI=1S/C14H29N/c1-5-6-7-8-9-10-11-14(15-4)12-13(2)3/h14-15H,2,5-12H2,1,3-4H3. The summed E-state index contributed by atoms with van der Waals surface area (Å²) >= 11 is 0. The van der Waals surface area contributed by atoms with Gasteiger partial charge in [0.1, 0.15) is 0 Å². The minimum absolute atomic E-state index is 0.647. The molecule has 1 N–H and O–H groups in total. The van der Waals surface area contributed by atoms with E-state index in [1.165, 1.54) is 50.5 Å². The lowest BCUT2D eigenvalue weighted by molar-refractivity contribution is 0.479. The lowest BCUT2D eigenvalue weighted by Gasteiger charge is -2.15. The van der Waals surface area contributed by atoms with E-state index in [4.69, 9.17) is 0 Å². The molecule has 90 valence electrons. The molecule has 1 nitrogen and oxygen atoms in total. The molecule has 0 bridgehead atoms. The normalized spacial score (nSPS) is 12.7. The number of nitrogens with one attached hydrogen (secondary N) is 1. The van der Waals surface area contributed by atoms with Crippen molar-refractivity contribution < 1.29 is 0 Å². The number of unbranched alkanes of at least 4 members (excludes halogenated alkanes) is 5. The monoisotopic (exact) mass is 211 g/mol. The van der Waals surface area contributed by atoms with Crippen LogP contribution in [0.25, 0.3) is 0 Å². The fraction of sp³-hybridized carbons (Fsp3) is 0.857. The van der Waals surface area contributed by atoms with Crippen LogP contribution in [0, 0.1) is 0 Å². The SMILES string of the molecule is C=C(C)CC(CCCCCCCC)NC. The summed E-state index contributed by atoms with van der Waals surface area (Å²) in [5, 5.41) is 3.37. The quantitative estimate of drug-likeness (QED) is 0.420. The van der Waals surface area contributed by atoms with Gasteiger partial charge in [0.2, 0.25) is 0 Å². The van der Waals surface area contributed by atoms with Crippen LogP contribution in [0.4, 0.5) is 0 Å². The highest BCUT2D eigenvalue weighted by molar-refractivity contribution is 4.92. The van der Waals surface area contributed by atoms with Crippen LogP contribution in [0.1, 0.15) is 65.2 Å². The minimum Gasteiger partial charge on any atom is -0.317 e. The van der Waals surface area contributed by atoms with E-state index in [0.29, 0.717) is 6.04 Å². The van der Waals surface area contributed by atoms with E-state index in [1.807, 2.05) is 0 Å². The Morgan fingerprint density at radius 2 is 1.73 bits per heavy atom. The minimum atomic E-state index is 0.647. The topological polar surface area (TPSA) is 12.0 Å². The van der Waals surface area contributed by atoms with Gasteiger partial charge in [0.25, 0.3) is 0 Å². The van der Waals surface area contributed by atoms with Crippen molar-refractivity contribution in [1.82, 2.24) is 5.32 Å². The molecule has 15 heavy (non-hydrogen) atoms. The van der Waals surface area contributed by atoms with Crippen molar-refractivity contribution in [1.29, 1.82) is 0 Å². The Bertz CT molecular complexity index is 151. The van der Waals surface area contributed by atoms with Gasteiger partial charge < -0.3 is 5.32 Å². The zero-order valence-electron chi connectivity index (χ0n) is 10.9. The third-order valence-corrected chi connectivity index (χ3v) is 2.91. The Kier molecular flexibility index (Phi) is 10.0. The molecular weight excluding hydrogens is 182 g/mol. The van der Waals surface area contributed by atoms with E-state index in [1.54, 1.807) is 0 Å². The van der Waals surface area contributed by atoms with Crippen molar-refractivity contribution >= 4 is 0 Å². The fourth-order valence-electron chi connectivity index (χ4n) is 1.94. The number of hydrogen-bond donors (Lipinski definition) is 1. The van der Waals surface area contributed by atoms with Crippen LogP contribution in [0.3, 0.4) is 0 Å². The van der Waals surface area contributed by atoms with Gasteiger partial charge in [-0.15, -0.1) is 6.58 Å². The number of rotatable bonds is 10. The maximum Gasteiger partial charge on any atom is 0.0101 e. The van der Waals surface area contributed by atoms with Crippen molar-refractivity contribution in [3.63, 3.8) is 0 Å². The van der Waals surface area contributed by atoms with Crippen LogP contribution in [-0.2, 0) is 0 Å². The molecule has 0 aliphatic rings. The zero-order valence-corrected chi connectivity index (χ0v) is 10.9. The molecule has 0 aromatic rings. The molecule has 0 aromatic heterocycles. The van der Waals surface area contributed by atoms with E-state index in [0.717, 1.165) is 6.42 Å². The Morgan fingerprint density at radius 3 is 2.27 bits per heavy atom. The van der Waals surface area contributed by atoms with Gasteiger partial charge in [0.15, 0.2) is 0 Å². The second-order valence-electron chi connectivity index (χ2n) is 4.70. The van der Waals surface area contributed by atoms with Crippen molar-refractivity contribution in [3.8, 4) is 0 Å². The van der Waals surface area contributed by atoms with E-state index < -0.39 is 0 Å². The molecular formula is C14H29N. The van der Waals surface area contributed by atoms with Crippen LogP contribution in [0.5, 0.6) is 0 Å². The van der Waals surface area contributed by atoms with Crippen molar-refractivity contribution in [2.45, 2.75) is 71.3 Å². The predicted molar refractivity (Wildman–Crippen MR) is 70.3 cm³/mol. The molecule has 0 aromatic carbocycles. The average molecular weight is 211 g/mol. The average Bonchev–Trinajstić information content (AvgIpc) is 2.20. The van der Waals surface area contributed by atoms with Gasteiger partial charge in [0.05, 0.1) is 0 Å². The van der Waals surface area contributed by atoms with Crippen LogP contribution < -0.4 is 5.32 Å². The smallest absolute Gasteiger partial charge is 0.0101 e. The summed E-state index contributed by atoms with van der Waals surface area (Å²) in [6, 6.07) is 0.647. The van der Waals surface area contributed by atoms with Crippen LogP contribution in [0.15, 0.2) is 12.2 Å². The summed E-state index contributed by atoms with van der Waals surface area (Å²) in [4.78, 5) is 0. The maximum absolute atomic E-state index is 3.97. The molecule has 0 aliphatic heterocycles. The van der Waals surface area contributed by atoms with Gasteiger partial charge in [-0.2, -0.15) is 0 Å². The maximum atomic E-state index is 3.97. The highest BCUT2D eigenvalue weighted by Gasteiger charge is 2.04. The van der Waals surface area contributed by atoms with E-state index in [2.05, 4.69) is 32.8 Å². The lowest BCUT2D eigenvalue weighted by atomic mass is 10.0. The third kappa shape index (κ3) is 9.99. The molecule has 0 aliphatic carbocycles. The molecule has 0 saturated heterocycles. The Morgan fingerprint density at radius 1 is 1.13 bits per heavy atom. The summed E-state index contributed by atoms with van der Waals surface area (Å²) in [5.41, 5.74) is 1.29. The highest BCUT2D eigenvalue weighted by Crippen LogP contribution is 2.12. The van der Waals surface area contributed by atoms with E-state index >= 15 is 0 Å². The first-order valence-electron chi connectivity index (χ1n) is 6.52. The molecule has 0 radical (unpaired) electrons.